The van der Waals surface area contributed by atoms with E-state index in [9.17, 15) is 9.59 Å². The van der Waals surface area contributed by atoms with E-state index in [1.165, 1.54) is 0 Å². The molecule has 2 aliphatic carbocycles. The summed E-state index contributed by atoms with van der Waals surface area (Å²) in [6.07, 6.45) is 3.92. The summed E-state index contributed by atoms with van der Waals surface area (Å²) in [5.74, 6) is -0.217. The minimum absolute atomic E-state index is 0.0581. The molecule has 112 valence electrons. The van der Waals surface area contributed by atoms with Crippen LogP contribution in [0.3, 0.4) is 0 Å². The molecule has 0 amide bonds. The van der Waals surface area contributed by atoms with Gasteiger partial charge in [-0.1, -0.05) is 26.5 Å². The van der Waals surface area contributed by atoms with Gasteiger partial charge in [0.2, 0.25) is 0 Å². The predicted octanol–water partition coefficient (Wildman–Crippen LogP) is 3.38. The molecule has 1 saturated carbocycles. The molecule has 3 nitrogen and oxygen atoms in total. The Balaban J connectivity index is 2.07. The van der Waals surface area contributed by atoms with Crippen LogP contribution in [-0.2, 0) is 14.3 Å². The van der Waals surface area contributed by atoms with Gasteiger partial charge >= 0.3 is 5.97 Å². The average molecular weight is 286 g/mol. The minimum Gasteiger partial charge on any atom is -0.457 e. The van der Waals surface area contributed by atoms with Gasteiger partial charge in [0.15, 0.2) is 5.78 Å². The van der Waals surface area contributed by atoms with Crippen LogP contribution in [0.4, 0.5) is 0 Å². The zero-order valence-corrected chi connectivity index (χ0v) is 12.9. The summed E-state index contributed by atoms with van der Waals surface area (Å²) in [6.45, 7) is 13.1. The van der Waals surface area contributed by atoms with Crippen LogP contribution in [0.5, 0.6) is 0 Å². The second-order valence-corrected chi connectivity index (χ2v) is 6.40. The van der Waals surface area contributed by atoms with Crippen LogP contribution < -0.4 is 0 Å². The number of hydrogen-bond acceptors (Lipinski definition) is 3. The second-order valence-electron chi connectivity index (χ2n) is 6.40. The van der Waals surface area contributed by atoms with Crippen LogP contribution in [-0.4, -0.2) is 17.9 Å². The van der Waals surface area contributed by atoms with Crippen LogP contribution in [0, 0.1) is 17.3 Å². The number of hydrogen-bond donors (Lipinski definition) is 0. The fourth-order valence-corrected chi connectivity index (χ4v) is 3.19. The molecule has 1 unspecified atom stereocenters. The molecule has 3 heteroatoms. The van der Waals surface area contributed by atoms with E-state index in [1.807, 2.05) is 26.8 Å². The molecular formula is C18H22O3. The Bertz CT molecular complexity index is 573. The molecule has 0 aliphatic heterocycles. The number of ether oxygens (including phenoxy) is 1. The lowest BCUT2D eigenvalue weighted by Crippen LogP contribution is -2.20. The maximum atomic E-state index is 12.3. The third-order valence-corrected chi connectivity index (χ3v) is 4.74. The van der Waals surface area contributed by atoms with Gasteiger partial charge in [-0.3, -0.25) is 9.59 Å². The van der Waals surface area contributed by atoms with E-state index < -0.39 is 6.10 Å². The number of esters is 1. The van der Waals surface area contributed by atoms with Crippen LogP contribution in [0.25, 0.3) is 0 Å². The summed E-state index contributed by atoms with van der Waals surface area (Å²) in [6, 6.07) is 0. The Morgan fingerprint density at radius 2 is 2.19 bits per heavy atom. The van der Waals surface area contributed by atoms with Crippen molar-refractivity contribution in [1.82, 2.24) is 0 Å². The molecule has 0 bridgehead atoms. The number of rotatable bonds is 5. The van der Waals surface area contributed by atoms with E-state index in [0.29, 0.717) is 6.42 Å². The van der Waals surface area contributed by atoms with Gasteiger partial charge in [0, 0.05) is 11.5 Å². The number of carbonyl (C=O) groups excluding carboxylic acids is 2. The molecule has 21 heavy (non-hydrogen) atoms. The van der Waals surface area contributed by atoms with E-state index in [2.05, 4.69) is 18.9 Å². The van der Waals surface area contributed by atoms with E-state index in [-0.39, 0.29) is 35.4 Å². The van der Waals surface area contributed by atoms with E-state index >= 15 is 0 Å². The van der Waals surface area contributed by atoms with Crippen molar-refractivity contribution in [3.63, 3.8) is 0 Å². The summed E-state index contributed by atoms with van der Waals surface area (Å²) < 4.78 is 5.59. The lowest BCUT2D eigenvalue weighted by atomic mass is 10.1. The Kier molecular flexibility index (Phi) is 4.06. The van der Waals surface area contributed by atoms with Crippen molar-refractivity contribution < 1.29 is 14.3 Å². The SMILES string of the molecule is C=C=C[C@@H]1[C@@H](C(=O)OC2CC(=O)C(CC=C)=C2C)C1(C)C. The van der Waals surface area contributed by atoms with Crippen molar-refractivity contribution in [3.05, 3.63) is 42.2 Å². The highest BCUT2D eigenvalue weighted by Crippen LogP contribution is 2.59. The number of carbonyl (C=O) groups is 2. The highest BCUT2D eigenvalue weighted by molar-refractivity contribution is 6.00. The van der Waals surface area contributed by atoms with Crippen molar-refractivity contribution >= 4 is 11.8 Å². The first-order chi connectivity index (χ1) is 9.84. The lowest BCUT2D eigenvalue weighted by Gasteiger charge is -2.13. The average Bonchev–Trinajstić information content (AvgIpc) is 2.85. The standard InChI is InChI=1S/C18H22O3/c1-6-8-12-11(3)15(10-14(12)19)21-17(20)16-13(9-7-2)18(16,4)5/h6,9,13,15-16H,1-2,8,10H2,3-5H3/t13-,15?,16+/m1/s1. The third-order valence-electron chi connectivity index (χ3n) is 4.74. The third kappa shape index (κ3) is 2.66. The normalized spacial score (nSPS) is 29.9. The van der Waals surface area contributed by atoms with Gasteiger partial charge in [0.05, 0.1) is 12.3 Å². The molecule has 0 aromatic heterocycles. The summed E-state index contributed by atoms with van der Waals surface area (Å²) in [5, 5.41) is 0. The van der Waals surface area contributed by atoms with Gasteiger partial charge in [-0.2, -0.15) is 0 Å². The highest BCUT2D eigenvalue weighted by Gasteiger charge is 2.61. The maximum absolute atomic E-state index is 12.3. The van der Waals surface area contributed by atoms with Crippen LogP contribution in [0.2, 0.25) is 0 Å². The molecule has 2 aliphatic rings. The minimum atomic E-state index is -0.412. The van der Waals surface area contributed by atoms with Crippen molar-refractivity contribution in [1.29, 1.82) is 0 Å². The topological polar surface area (TPSA) is 43.4 Å². The fraction of sp³-hybridized carbons (Fsp3) is 0.500. The zero-order valence-electron chi connectivity index (χ0n) is 12.9. The Morgan fingerprint density at radius 1 is 1.52 bits per heavy atom. The molecular weight excluding hydrogens is 264 g/mol. The molecule has 0 saturated heterocycles. The van der Waals surface area contributed by atoms with Crippen LogP contribution in [0.1, 0.15) is 33.6 Å². The molecule has 0 radical (unpaired) electrons. The van der Waals surface area contributed by atoms with E-state index in [1.54, 1.807) is 6.08 Å². The number of ketones is 1. The summed E-state index contributed by atoms with van der Waals surface area (Å²) >= 11 is 0. The van der Waals surface area contributed by atoms with Crippen molar-refractivity contribution in [2.45, 2.75) is 39.7 Å². The Hall–Kier alpha value is -1.86. The first-order valence-corrected chi connectivity index (χ1v) is 7.24. The van der Waals surface area contributed by atoms with Gasteiger partial charge in [-0.25, -0.2) is 0 Å². The lowest BCUT2D eigenvalue weighted by molar-refractivity contribution is -0.150. The molecule has 0 N–H and O–H groups in total. The van der Waals surface area contributed by atoms with Crippen molar-refractivity contribution in [2.75, 3.05) is 0 Å². The number of Topliss-reactive ketones (excluding diaryl/α,β-unsaturated/α-hetero) is 1. The van der Waals surface area contributed by atoms with Gasteiger partial charge in [0.25, 0.3) is 0 Å². The van der Waals surface area contributed by atoms with Crippen LogP contribution in [0.15, 0.2) is 42.2 Å². The fourth-order valence-electron chi connectivity index (χ4n) is 3.19. The zero-order chi connectivity index (χ0) is 15.8. The van der Waals surface area contributed by atoms with Gasteiger partial charge in [0.1, 0.15) is 6.10 Å². The molecule has 0 aromatic carbocycles. The summed E-state index contributed by atoms with van der Waals surface area (Å²) in [5.41, 5.74) is 4.23. The maximum Gasteiger partial charge on any atom is 0.310 e. The van der Waals surface area contributed by atoms with Gasteiger partial charge in [-0.15, -0.1) is 12.3 Å². The molecule has 0 aromatic rings. The Labute approximate surface area is 126 Å². The second kappa shape index (κ2) is 5.50. The predicted molar refractivity (Wildman–Crippen MR) is 81.5 cm³/mol. The quantitative estimate of drug-likeness (QED) is 0.442. The van der Waals surface area contributed by atoms with Gasteiger partial charge in [-0.05, 0) is 30.4 Å². The van der Waals surface area contributed by atoms with Gasteiger partial charge < -0.3 is 4.74 Å². The first-order valence-electron chi connectivity index (χ1n) is 7.24. The smallest absolute Gasteiger partial charge is 0.310 e. The highest BCUT2D eigenvalue weighted by atomic mass is 16.5. The molecule has 2 rings (SSSR count). The molecule has 0 spiro atoms. The summed E-state index contributed by atoms with van der Waals surface area (Å²) in [4.78, 5) is 24.3. The molecule has 3 atom stereocenters. The number of allylic oxidation sites excluding steroid dienone is 3. The molecule has 0 heterocycles. The summed E-state index contributed by atoms with van der Waals surface area (Å²) in [7, 11) is 0. The van der Waals surface area contributed by atoms with Crippen molar-refractivity contribution in [3.8, 4) is 0 Å². The first kappa shape index (κ1) is 15.5. The Morgan fingerprint density at radius 3 is 2.76 bits per heavy atom. The monoisotopic (exact) mass is 286 g/mol. The van der Waals surface area contributed by atoms with Crippen molar-refractivity contribution in [2.24, 2.45) is 17.3 Å². The largest absolute Gasteiger partial charge is 0.457 e. The van der Waals surface area contributed by atoms with E-state index in [4.69, 9.17) is 4.74 Å². The van der Waals surface area contributed by atoms with E-state index in [0.717, 1.165) is 11.1 Å². The molecule has 1 fully saturated rings. The van der Waals surface area contributed by atoms with Crippen LogP contribution >= 0.6 is 0 Å².